The number of aliphatic hydroxyl groups is 11. The molecule has 3 aliphatic heterocycles. The molecule has 0 aliphatic carbocycles. The van der Waals surface area contributed by atoms with Gasteiger partial charge in [0.25, 0.3) is 0 Å². The van der Waals surface area contributed by atoms with Gasteiger partial charge in [-0.25, -0.2) is 18.3 Å². The van der Waals surface area contributed by atoms with E-state index in [0.29, 0.717) is 0 Å². The first kappa shape index (κ1) is 49.9. The summed E-state index contributed by atoms with van der Waals surface area (Å²) >= 11 is 0. The molecule has 0 amide bonds. The second-order valence-corrected chi connectivity index (χ2v) is 15.7. The SMILES string of the molecule is O=P(O)(O)OC[C@H]1O[C@](O)(CO)[C@@H](O)[C@@H]1O.O=P(O)(O)OC[C@H]1O[C@](O)(CO)[C@@H](O)[C@@H]1O.O=P(O)(O)OC[C@H]1O[C@](O)(COP(=O)(O)O)[C@@H](O)[C@@H]1O. The van der Waals surface area contributed by atoms with E-state index in [1.54, 1.807) is 0 Å². The van der Waals surface area contributed by atoms with Crippen LogP contribution in [0.5, 0.6) is 0 Å². The molecule has 0 spiro atoms. The van der Waals surface area contributed by atoms with E-state index in [1.165, 1.54) is 0 Å². The minimum atomic E-state index is -4.96. The molecule has 52 heavy (non-hydrogen) atoms. The molecule has 3 fully saturated rings. The Hall–Kier alpha value is -0.120. The van der Waals surface area contributed by atoms with Crippen LogP contribution >= 0.6 is 31.3 Å². The molecule has 3 rings (SSSR count). The molecule has 0 aromatic rings. The Morgan fingerprint density at radius 3 is 0.885 bits per heavy atom. The van der Waals surface area contributed by atoms with Crippen LogP contribution in [0.3, 0.4) is 0 Å². The highest BCUT2D eigenvalue weighted by molar-refractivity contribution is 7.47. The normalized spacial score (nSPS) is 38.4. The second kappa shape index (κ2) is 18.9. The Morgan fingerprint density at radius 2 is 0.673 bits per heavy atom. The number of rotatable bonds is 14. The molecule has 30 nitrogen and oxygen atoms in total. The van der Waals surface area contributed by atoms with Crippen LogP contribution in [-0.4, -0.2) is 207 Å². The predicted octanol–water partition coefficient (Wildman–Crippen LogP) is -9.19. The summed E-state index contributed by atoms with van der Waals surface area (Å²) in [4.78, 5) is 67.5. The molecule has 12 atom stereocenters. The smallest absolute Gasteiger partial charge is 0.391 e. The van der Waals surface area contributed by atoms with Gasteiger partial charge < -0.3 is 110 Å². The van der Waals surface area contributed by atoms with Crippen molar-refractivity contribution in [3.63, 3.8) is 0 Å². The van der Waals surface area contributed by atoms with E-state index in [1.807, 2.05) is 0 Å². The van der Waals surface area contributed by atoms with Crippen molar-refractivity contribution in [2.45, 2.75) is 72.3 Å². The lowest BCUT2D eigenvalue weighted by Gasteiger charge is -2.25. The van der Waals surface area contributed by atoms with Crippen molar-refractivity contribution in [1.82, 2.24) is 0 Å². The number of phosphoric ester groups is 4. The fourth-order valence-electron chi connectivity index (χ4n) is 4.08. The first-order valence-corrected chi connectivity index (χ1v) is 19.7. The molecule has 0 radical (unpaired) electrons. The van der Waals surface area contributed by atoms with E-state index >= 15 is 0 Å². The van der Waals surface area contributed by atoms with Crippen LogP contribution in [0.4, 0.5) is 0 Å². The summed E-state index contributed by atoms with van der Waals surface area (Å²) in [6, 6.07) is 0. The monoisotopic (exact) mass is 860 g/mol. The molecule has 0 saturated carbocycles. The van der Waals surface area contributed by atoms with Gasteiger partial charge in [-0.3, -0.25) is 18.1 Å². The highest BCUT2D eigenvalue weighted by Gasteiger charge is 2.56. The minimum Gasteiger partial charge on any atom is -0.391 e. The van der Waals surface area contributed by atoms with E-state index in [2.05, 4.69) is 32.3 Å². The molecule has 19 N–H and O–H groups in total. The minimum absolute atomic E-state index is 0.731. The van der Waals surface area contributed by atoms with Crippen LogP contribution in [-0.2, 0) is 50.6 Å². The molecule has 0 unspecified atom stereocenters. The van der Waals surface area contributed by atoms with Gasteiger partial charge in [0.2, 0.25) is 17.4 Å². The van der Waals surface area contributed by atoms with Gasteiger partial charge in [0.05, 0.1) is 33.0 Å². The number of hydrogen-bond donors (Lipinski definition) is 19. The molecule has 3 saturated heterocycles. The van der Waals surface area contributed by atoms with Gasteiger partial charge in [-0.2, -0.15) is 0 Å². The fraction of sp³-hybridized carbons (Fsp3) is 1.00. The van der Waals surface area contributed by atoms with Crippen LogP contribution in [0.1, 0.15) is 0 Å². The summed E-state index contributed by atoms with van der Waals surface area (Å²) in [5.74, 6) is -7.38. The Morgan fingerprint density at radius 1 is 0.442 bits per heavy atom. The van der Waals surface area contributed by atoms with Crippen molar-refractivity contribution >= 4 is 31.3 Å². The van der Waals surface area contributed by atoms with Gasteiger partial charge in [-0.15, -0.1) is 0 Å². The van der Waals surface area contributed by atoms with Crippen molar-refractivity contribution in [1.29, 1.82) is 0 Å². The first-order valence-electron chi connectivity index (χ1n) is 13.5. The van der Waals surface area contributed by atoms with E-state index in [9.17, 15) is 64.2 Å². The lowest BCUT2D eigenvalue weighted by Crippen LogP contribution is -2.46. The van der Waals surface area contributed by atoms with Crippen LogP contribution in [0, 0.1) is 0 Å². The van der Waals surface area contributed by atoms with Crippen LogP contribution in [0.25, 0.3) is 0 Å². The number of aliphatic hydroxyl groups excluding tert-OH is 8. The Labute approximate surface area is 289 Å². The van der Waals surface area contributed by atoms with Gasteiger partial charge in [0.15, 0.2) is 0 Å². The molecule has 0 aromatic carbocycles. The van der Waals surface area contributed by atoms with Gasteiger partial charge in [-0.05, 0) is 0 Å². The number of ether oxygens (including phenoxy) is 3. The first-order chi connectivity index (χ1) is 23.2. The third-order valence-corrected chi connectivity index (χ3v) is 8.60. The molecular weight excluding hydrogens is 820 g/mol. The lowest BCUT2D eigenvalue weighted by molar-refractivity contribution is -0.247. The zero-order valence-corrected chi connectivity index (χ0v) is 29.3. The van der Waals surface area contributed by atoms with E-state index < -0.39 is 143 Å². The van der Waals surface area contributed by atoms with Gasteiger partial charge in [-0.1, -0.05) is 0 Å². The second-order valence-electron chi connectivity index (χ2n) is 10.7. The van der Waals surface area contributed by atoms with E-state index in [0.717, 1.165) is 0 Å². The maximum atomic E-state index is 10.5. The summed E-state index contributed by atoms with van der Waals surface area (Å²) < 4.78 is 71.8. The van der Waals surface area contributed by atoms with Crippen molar-refractivity contribution in [2.75, 3.05) is 39.6 Å². The van der Waals surface area contributed by atoms with Crippen molar-refractivity contribution in [3.05, 3.63) is 0 Å². The van der Waals surface area contributed by atoms with Gasteiger partial charge in [0, 0.05) is 0 Å². The summed E-state index contributed by atoms with van der Waals surface area (Å²) in [5.41, 5.74) is 0. The van der Waals surface area contributed by atoms with Crippen molar-refractivity contribution in [2.24, 2.45) is 0 Å². The topological polar surface area (TPSA) is 517 Å². The van der Waals surface area contributed by atoms with Crippen molar-refractivity contribution in [3.8, 4) is 0 Å². The Bertz CT molecular complexity index is 1260. The quantitative estimate of drug-likeness (QED) is 0.0721. The van der Waals surface area contributed by atoms with Gasteiger partial charge >= 0.3 is 31.3 Å². The zero-order valence-electron chi connectivity index (χ0n) is 25.7. The number of phosphoric acid groups is 4. The fourth-order valence-corrected chi connectivity index (χ4v) is 5.46. The summed E-state index contributed by atoms with van der Waals surface area (Å²) in [6.45, 7) is -5.46. The summed E-state index contributed by atoms with van der Waals surface area (Å²) in [6.07, 6.45) is -14.9. The van der Waals surface area contributed by atoms with Crippen LogP contribution in [0.15, 0.2) is 0 Å². The maximum absolute atomic E-state index is 10.5. The molecular formula is C18H40O30P4. The number of hydrogen-bond acceptors (Lipinski definition) is 22. The molecule has 3 aliphatic rings. The Balaban J connectivity index is 0.000000394. The van der Waals surface area contributed by atoms with Crippen molar-refractivity contribution < 1.29 is 146 Å². The Kier molecular flexibility index (Phi) is 18.1. The van der Waals surface area contributed by atoms with Crippen LogP contribution in [0.2, 0.25) is 0 Å². The van der Waals surface area contributed by atoms with Crippen LogP contribution < -0.4 is 0 Å². The summed E-state index contributed by atoms with van der Waals surface area (Å²) in [7, 11) is -19.3. The standard InChI is InChI=1S/C6H14O12P2.2C6H13O9P/c7-4-3(1-16-19(10,11)12)18-6(9,5(4)8)2-17-20(13,14)15;2*7-2-6(10)5(9)4(8)3(15-6)1-14-16(11,12)13/h3-5,7-9H,1-2H2,(H2,10,11,12)(H2,13,14,15);2*3-5,7-10H,1-2H2,(H2,11,12,13)/t3*3-,4-,5+,6-/m111/s1. The average Bonchev–Trinajstić information content (AvgIpc) is 3.47. The van der Waals surface area contributed by atoms with Gasteiger partial charge in [0.1, 0.15) is 61.5 Å². The molecule has 34 heteroatoms. The van der Waals surface area contributed by atoms with E-state index in [4.69, 9.17) is 49.4 Å². The molecule has 312 valence electrons. The molecule has 3 heterocycles. The third kappa shape index (κ3) is 15.4. The highest BCUT2D eigenvalue weighted by Crippen LogP contribution is 2.42. The highest BCUT2D eigenvalue weighted by atomic mass is 31.2. The largest absolute Gasteiger partial charge is 0.469 e. The maximum Gasteiger partial charge on any atom is 0.469 e. The third-order valence-electron chi connectivity index (χ3n) is 6.68. The van der Waals surface area contributed by atoms with E-state index in [-0.39, 0.29) is 0 Å². The average molecular weight is 860 g/mol. The summed E-state index contributed by atoms with van der Waals surface area (Å²) in [5, 5.41) is 102. The zero-order chi connectivity index (χ0) is 40.9. The lowest BCUT2D eigenvalue weighted by atomic mass is 10.1. The molecule has 0 aromatic heterocycles. The predicted molar refractivity (Wildman–Crippen MR) is 152 cm³/mol. The molecule has 0 bridgehead atoms.